The highest BCUT2D eigenvalue weighted by Crippen LogP contribution is 2.26. The highest BCUT2D eigenvalue weighted by molar-refractivity contribution is 6.20. The zero-order valence-corrected chi connectivity index (χ0v) is 12.3. The van der Waals surface area contributed by atoms with E-state index in [0.29, 0.717) is 12.1 Å². The van der Waals surface area contributed by atoms with Gasteiger partial charge in [0.05, 0.1) is 11.5 Å². The van der Waals surface area contributed by atoms with Crippen LogP contribution in [0, 0.1) is 0 Å². The quantitative estimate of drug-likeness (QED) is 0.676. The van der Waals surface area contributed by atoms with Crippen molar-refractivity contribution >= 4 is 17.5 Å². The summed E-state index contributed by atoms with van der Waals surface area (Å²) < 4.78 is 0. The molecule has 1 aliphatic rings. The average Bonchev–Trinajstić information content (AvgIpc) is 2.53. The number of alkyl halides is 1. The van der Waals surface area contributed by atoms with Crippen LogP contribution in [-0.4, -0.2) is 18.0 Å². The van der Waals surface area contributed by atoms with Gasteiger partial charge in [-0.15, -0.1) is 11.6 Å². The van der Waals surface area contributed by atoms with Crippen molar-refractivity contribution in [2.24, 2.45) is 0 Å². The van der Waals surface area contributed by atoms with E-state index < -0.39 is 0 Å². The third-order valence-corrected chi connectivity index (χ3v) is 3.99. The van der Waals surface area contributed by atoms with E-state index >= 15 is 0 Å². The van der Waals surface area contributed by atoms with Crippen LogP contribution in [0.15, 0.2) is 54.6 Å². The first-order chi connectivity index (χ1) is 10.2. The molecule has 2 unspecified atom stereocenters. The van der Waals surface area contributed by atoms with Crippen molar-refractivity contribution in [2.75, 3.05) is 6.54 Å². The van der Waals surface area contributed by atoms with Gasteiger partial charge in [0.15, 0.2) is 0 Å². The number of halogens is 1. The predicted octanol–water partition coefficient (Wildman–Crippen LogP) is 2.87. The molecule has 2 aromatic rings. The lowest BCUT2D eigenvalue weighted by atomic mass is 9.94. The Morgan fingerprint density at radius 1 is 1.14 bits per heavy atom. The Morgan fingerprint density at radius 3 is 2.67 bits per heavy atom. The first-order valence-corrected chi connectivity index (χ1v) is 7.49. The molecule has 0 fully saturated rings. The zero-order valence-electron chi connectivity index (χ0n) is 11.6. The normalized spacial score (nSPS) is 20.6. The van der Waals surface area contributed by atoms with E-state index in [1.165, 1.54) is 11.1 Å². The van der Waals surface area contributed by atoms with E-state index in [9.17, 15) is 4.79 Å². The number of carbonyl (C=O) groups excluding carboxylic acids is 1. The van der Waals surface area contributed by atoms with Gasteiger partial charge in [-0.1, -0.05) is 42.5 Å². The summed E-state index contributed by atoms with van der Waals surface area (Å²) in [5, 5.41) is 6.30. The molecule has 3 nitrogen and oxygen atoms in total. The van der Waals surface area contributed by atoms with Gasteiger partial charge in [-0.3, -0.25) is 10.1 Å². The van der Waals surface area contributed by atoms with E-state index in [4.69, 9.17) is 11.6 Å². The first kappa shape index (κ1) is 14.1. The first-order valence-electron chi connectivity index (χ1n) is 7.05. The minimum absolute atomic E-state index is 0.0464. The summed E-state index contributed by atoms with van der Waals surface area (Å²) >= 11 is 6.25. The number of fused-ring (bicyclic) bond motifs is 1. The number of rotatable bonds is 3. The minimum Gasteiger partial charge on any atom is -0.350 e. The second kappa shape index (κ2) is 6.29. The lowest BCUT2D eigenvalue weighted by Crippen LogP contribution is -2.42. The summed E-state index contributed by atoms with van der Waals surface area (Å²) in [6.07, 6.45) is 0.806. The molecule has 1 aliphatic heterocycles. The highest BCUT2D eigenvalue weighted by Gasteiger charge is 2.24. The van der Waals surface area contributed by atoms with E-state index in [1.54, 1.807) is 0 Å². The van der Waals surface area contributed by atoms with Gasteiger partial charge in [0.1, 0.15) is 0 Å². The van der Waals surface area contributed by atoms with Crippen molar-refractivity contribution in [1.82, 2.24) is 10.6 Å². The number of hydrogen-bond acceptors (Lipinski definition) is 2. The van der Waals surface area contributed by atoms with Gasteiger partial charge in [0.2, 0.25) is 0 Å². The van der Waals surface area contributed by atoms with Crippen LogP contribution in [0.2, 0.25) is 0 Å². The lowest BCUT2D eigenvalue weighted by Gasteiger charge is -2.30. The molecule has 0 saturated heterocycles. The SMILES string of the molecule is O=C(NCC1NC(Cl)Cc2ccccc21)c1ccccc1. The molecule has 1 amide bonds. The topological polar surface area (TPSA) is 41.1 Å². The maximum Gasteiger partial charge on any atom is 0.251 e. The lowest BCUT2D eigenvalue weighted by molar-refractivity contribution is 0.0949. The maximum atomic E-state index is 12.1. The third kappa shape index (κ3) is 3.26. The third-order valence-electron chi connectivity index (χ3n) is 3.71. The van der Waals surface area contributed by atoms with Gasteiger partial charge in [0.25, 0.3) is 5.91 Å². The van der Waals surface area contributed by atoms with Gasteiger partial charge >= 0.3 is 0 Å². The number of benzene rings is 2. The molecule has 3 rings (SSSR count). The highest BCUT2D eigenvalue weighted by atomic mass is 35.5. The fourth-order valence-electron chi connectivity index (χ4n) is 2.68. The Kier molecular flexibility index (Phi) is 4.23. The van der Waals surface area contributed by atoms with E-state index in [-0.39, 0.29) is 17.5 Å². The Morgan fingerprint density at radius 2 is 1.86 bits per heavy atom. The van der Waals surface area contributed by atoms with Crippen LogP contribution in [0.1, 0.15) is 27.5 Å². The number of hydrogen-bond donors (Lipinski definition) is 2. The Labute approximate surface area is 129 Å². The van der Waals surface area contributed by atoms with E-state index in [2.05, 4.69) is 22.8 Å². The summed E-state index contributed by atoms with van der Waals surface area (Å²) in [5.74, 6) is -0.0634. The van der Waals surface area contributed by atoms with Crippen LogP contribution in [0.3, 0.4) is 0 Å². The molecule has 4 heteroatoms. The van der Waals surface area contributed by atoms with Gasteiger partial charge in [-0.25, -0.2) is 0 Å². The van der Waals surface area contributed by atoms with Gasteiger partial charge in [-0.2, -0.15) is 0 Å². The summed E-state index contributed by atoms with van der Waals surface area (Å²) in [7, 11) is 0. The Hall–Kier alpha value is -1.84. The molecule has 0 bridgehead atoms. The number of nitrogens with one attached hydrogen (secondary N) is 2. The van der Waals surface area contributed by atoms with Crippen LogP contribution >= 0.6 is 11.6 Å². The molecule has 2 aromatic carbocycles. The van der Waals surface area contributed by atoms with Crippen LogP contribution < -0.4 is 10.6 Å². The van der Waals surface area contributed by atoms with Crippen LogP contribution in [0.4, 0.5) is 0 Å². The van der Waals surface area contributed by atoms with Crippen molar-refractivity contribution in [1.29, 1.82) is 0 Å². The van der Waals surface area contributed by atoms with Crippen LogP contribution in [0.5, 0.6) is 0 Å². The van der Waals surface area contributed by atoms with Crippen molar-refractivity contribution < 1.29 is 4.79 Å². The molecule has 0 aromatic heterocycles. The van der Waals surface area contributed by atoms with Gasteiger partial charge in [0, 0.05) is 18.5 Å². The fourth-order valence-corrected chi connectivity index (χ4v) is 2.99. The largest absolute Gasteiger partial charge is 0.350 e. The summed E-state index contributed by atoms with van der Waals surface area (Å²) in [6.45, 7) is 0.522. The number of carbonyl (C=O) groups is 1. The minimum atomic E-state index is -0.0986. The summed E-state index contributed by atoms with van der Waals surface area (Å²) in [5.41, 5.74) is 3.03. The fraction of sp³-hybridized carbons (Fsp3) is 0.235. The van der Waals surface area contributed by atoms with E-state index in [0.717, 1.165) is 6.42 Å². The standard InChI is InChI=1S/C17H17ClN2O/c18-16-10-13-8-4-5-9-14(13)15(20-16)11-19-17(21)12-6-2-1-3-7-12/h1-9,15-16,20H,10-11H2,(H,19,21). The molecule has 108 valence electrons. The number of amides is 1. The summed E-state index contributed by atoms with van der Waals surface area (Å²) in [6, 6.07) is 17.5. The predicted molar refractivity (Wildman–Crippen MR) is 84.4 cm³/mol. The van der Waals surface area contributed by atoms with Gasteiger partial charge < -0.3 is 5.32 Å². The smallest absolute Gasteiger partial charge is 0.251 e. The summed E-state index contributed by atoms with van der Waals surface area (Å²) in [4.78, 5) is 12.1. The van der Waals surface area contributed by atoms with Crippen LogP contribution in [0.25, 0.3) is 0 Å². The van der Waals surface area contributed by atoms with Crippen LogP contribution in [-0.2, 0) is 6.42 Å². The zero-order chi connectivity index (χ0) is 14.7. The maximum absolute atomic E-state index is 12.1. The van der Waals surface area contributed by atoms with Crippen molar-refractivity contribution in [3.63, 3.8) is 0 Å². The molecule has 0 radical (unpaired) electrons. The molecule has 2 N–H and O–H groups in total. The second-order valence-electron chi connectivity index (χ2n) is 5.17. The molecule has 1 heterocycles. The molecular weight excluding hydrogens is 284 g/mol. The molecule has 0 spiro atoms. The van der Waals surface area contributed by atoms with Gasteiger partial charge in [-0.05, 0) is 23.3 Å². The van der Waals surface area contributed by atoms with Crippen molar-refractivity contribution in [3.05, 3.63) is 71.3 Å². The average molecular weight is 301 g/mol. The van der Waals surface area contributed by atoms with Crippen molar-refractivity contribution in [2.45, 2.75) is 18.0 Å². The van der Waals surface area contributed by atoms with Crippen molar-refractivity contribution in [3.8, 4) is 0 Å². The molecule has 2 atom stereocenters. The Balaban J connectivity index is 1.70. The molecule has 0 aliphatic carbocycles. The second-order valence-corrected chi connectivity index (χ2v) is 5.69. The molecular formula is C17H17ClN2O. The molecule has 0 saturated carbocycles. The molecule has 21 heavy (non-hydrogen) atoms. The van der Waals surface area contributed by atoms with E-state index in [1.807, 2.05) is 42.5 Å². The monoisotopic (exact) mass is 300 g/mol. The Bertz CT molecular complexity index is 630.